The molecule has 4 nitrogen and oxygen atoms in total. The van der Waals surface area contributed by atoms with Crippen molar-refractivity contribution in [3.63, 3.8) is 0 Å². The van der Waals surface area contributed by atoms with E-state index < -0.39 is 5.41 Å². The summed E-state index contributed by atoms with van der Waals surface area (Å²) in [5, 5.41) is 0. The number of esters is 1. The summed E-state index contributed by atoms with van der Waals surface area (Å²) in [6.07, 6.45) is 0.518. The van der Waals surface area contributed by atoms with Gasteiger partial charge < -0.3 is 15.2 Å². The normalized spacial score (nSPS) is 12.9. The first-order chi connectivity index (χ1) is 9.31. The summed E-state index contributed by atoms with van der Waals surface area (Å²) in [4.78, 5) is 11.9. The van der Waals surface area contributed by atoms with Crippen molar-refractivity contribution < 1.29 is 14.3 Å². The standard InChI is InChI=1S/C15H22BrNO3/c1-5-20-14(18)15(2,3)9-12(17)10-6-7-13(19-4)11(16)8-10/h6-8,12H,5,9,17H2,1-4H3. The average molecular weight is 344 g/mol. The van der Waals surface area contributed by atoms with Crippen molar-refractivity contribution in [1.29, 1.82) is 0 Å². The summed E-state index contributed by atoms with van der Waals surface area (Å²) in [7, 11) is 1.61. The Kier molecular flexibility index (Phi) is 6.02. The van der Waals surface area contributed by atoms with E-state index in [9.17, 15) is 4.79 Å². The fourth-order valence-corrected chi connectivity index (χ4v) is 2.55. The van der Waals surface area contributed by atoms with Crippen LogP contribution in [0.25, 0.3) is 0 Å². The summed E-state index contributed by atoms with van der Waals surface area (Å²) in [5.74, 6) is 0.536. The molecule has 1 rings (SSSR count). The Labute approximate surface area is 128 Å². The van der Waals surface area contributed by atoms with Gasteiger partial charge in [0.1, 0.15) is 5.75 Å². The molecule has 0 aromatic heterocycles. The lowest BCUT2D eigenvalue weighted by Crippen LogP contribution is -2.31. The zero-order valence-electron chi connectivity index (χ0n) is 12.4. The molecule has 0 amide bonds. The van der Waals surface area contributed by atoms with Gasteiger partial charge >= 0.3 is 5.97 Å². The fraction of sp³-hybridized carbons (Fsp3) is 0.533. The molecule has 0 fully saturated rings. The fourth-order valence-electron chi connectivity index (χ4n) is 1.99. The van der Waals surface area contributed by atoms with E-state index in [1.807, 2.05) is 32.0 Å². The van der Waals surface area contributed by atoms with Crippen LogP contribution in [0.2, 0.25) is 0 Å². The summed E-state index contributed by atoms with van der Waals surface area (Å²) in [6.45, 7) is 5.88. The molecule has 0 saturated carbocycles. The van der Waals surface area contributed by atoms with E-state index in [-0.39, 0.29) is 12.0 Å². The summed E-state index contributed by atoms with van der Waals surface area (Å²) in [6, 6.07) is 5.45. The van der Waals surface area contributed by atoms with E-state index in [1.54, 1.807) is 14.0 Å². The van der Waals surface area contributed by atoms with Crippen LogP contribution >= 0.6 is 15.9 Å². The molecule has 1 atom stereocenters. The summed E-state index contributed by atoms with van der Waals surface area (Å²) < 4.78 is 11.1. The van der Waals surface area contributed by atoms with Gasteiger partial charge in [-0.2, -0.15) is 0 Å². The second-order valence-corrected chi connectivity index (χ2v) is 6.16. The van der Waals surface area contributed by atoms with Gasteiger partial charge in [-0.05, 0) is 60.8 Å². The van der Waals surface area contributed by atoms with Crippen molar-refractivity contribution in [3.05, 3.63) is 28.2 Å². The zero-order valence-corrected chi connectivity index (χ0v) is 14.0. The van der Waals surface area contributed by atoms with Gasteiger partial charge in [-0.25, -0.2) is 0 Å². The maximum absolute atomic E-state index is 11.9. The second kappa shape index (κ2) is 7.09. The van der Waals surface area contributed by atoms with Crippen LogP contribution in [-0.4, -0.2) is 19.7 Å². The molecule has 0 aliphatic carbocycles. The number of ether oxygens (including phenoxy) is 2. The van der Waals surface area contributed by atoms with E-state index in [2.05, 4.69) is 15.9 Å². The first-order valence-electron chi connectivity index (χ1n) is 6.58. The molecular weight excluding hydrogens is 322 g/mol. The number of halogens is 1. The Morgan fingerprint density at radius 2 is 2.10 bits per heavy atom. The highest BCUT2D eigenvalue weighted by Crippen LogP contribution is 2.33. The predicted molar refractivity (Wildman–Crippen MR) is 82.7 cm³/mol. The largest absolute Gasteiger partial charge is 0.496 e. The molecule has 112 valence electrons. The highest BCUT2D eigenvalue weighted by molar-refractivity contribution is 9.10. The van der Waals surface area contributed by atoms with E-state index in [0.717, 1.165) is 15.8 Å². The van der Waals surface area contributed by atoms with Gasteiger partial charge in [0, 0.05) is 6.04 Å². The van der Waals surface area contributed by atoms with Gasteiger partial charge in [0.05, 0.1) is 23.6 Å². The minimum Gasteiger partial charge on any atom is -0.496 e. The van der Waals surface area contributed by atoms with E-state index >= 15 is 0 Å². The number of hydrogen-bond acceptors (Lipinski definition) is 4. The van der Waals surface area contributed by atoms with Gasteiger partial charge in [0.15, 0.2) is 0 Å². The van der Waals surface area contributed by atoms with Crippen molar-refractivity contribution in [2.75, 3.05) is 13.7 Å². The molecule has 0 aliphatic heterocycles. The molecule has 20 heavy (non-hydrogen) atoms. The molecule has 0 radical (unpaired) electrons. The van der Waals surface area contributed by atoms with Crippen molar-refractivity contribution in [2.45, 2.75) is 33.2 Å². The predicted octanol–water partition coefficient (Wildman–Crippen LogP) is 3.44. The van der Waals surface area contributed by atoms with Crippen molar-refractivity contribution in [1.82, 2.24) is 0 Å². The maximum atomic E-state index is 11.9. The molecule has 0 aliphatic rings. The van der Waals surface area contributed by atoms with Crippen LogP contribution in [0.4, 0.5) is 0 Å². The van der Waals surface area contributed by atoms with Gasteiger partial charge in [0.2, 0.25) is 0 Å². The minimum atomic E-state index is -0.609. The van der Waals surface area contributed by atoms with Crippen molar-refractivity contribution in [2.24, 2.45) is 11.1 Å². The van der Waals surface area contributed by atoms with Crippen LogP contribution in [0.1, 0.15) is 38.8 Å². The van der Waals surface area contributed by atoms with E-state index in [4.69, 9.17) is 15.2 Å². The van der Waals surface area contributed by atoms with Crippen LogP contribution in [0.5, 0.6) is 5.75 Å². The first kappa shape index (κ1) is 17.0. The number of rotatable bonds is 6. The van der Waals surface area contributed by atoms with Crippen LogP contribution in [0, 0.1) is 5.41 Å². The molecule has 5 heteroatoms. The number of benzene rings is 1. The van der Waals surface area contributed by atoms with Gasteiger partial charge in [-0.1, -0.05) is 6.07 Å². The number of nitrogens with two attached hydrogens (primary N) is 1. The highest BCUT2D eigenvalue weighted by Gasteiger charge is 2.31. The topological polar surface area (TPSA) is 61.5 Å². The smallest absolute Gasteiger partial charge is 0.311 e. The molecular formula is C15H22BrNO3. The Balaban J connectivity index is 2.82. The van der Waals surface area contributed by atoms with Gasteiger partial charge in [-0.15, -0.1) is 0 Å². The number of methoxy groups -OCH3 is 1. The lowest BCUT2D eigenvalue weighted by Gasteiger charge is -2.26. The summed E-state index contributed by atoms with van der Waals surface area (Å²) >= 11 is 3.44. The Morgan fingerprint density at radius 3 is 2.60 bits per heavy atom. The molecule has 1 unspecified atom stereocenters. The third-order valence-electron chi connectivity index (χ3n) is 3.16. The average Bonchev–Trinajstić information content (AvgIpc) is 2.38. The van der Waals surface area contributed by atoms with Gasteiger partial charge in [-0.3, -0.25) is 4.79 Å². The van der Waals surface area contributed by atoms with Crippen molar-refractivity contribution >= 4 is 21.9 Å². The quantitative estimate of drug-likeness (QED) is 0.803. The van der Waals surface area contributed by atoms with Crippen LogP contribution in [0.3, 0.4) is 0 Å². The van der Waals surface area contributed by atoms with Crippen LogP contribution < -0.4 is 10.5 Å². The lowest BCUT2D eigenvalue weighted by atomic mass is 9.84. The maximum Gasteiger partial charge on any atom is 0.311 e. The van der Waals surface area contributed by atoms with Crippen molar-refractivity contribution in [3.8, 4) is 5.75 Å². The third-order valence-corrected chi connectivity index (χ3v) is 3.78. The Morgan fingerprint density at radius 1 is 1.45 bits per heavy atom. The highest BCUT2D eigenvalue weighted by atomic mass is 79.9. The molecule has 0 heterocycles. The van der Waals surface area contributed by atoms with Gasteiger partial charge in [0.25, 0.3) is 0 Å². The van der Waals surface area contributed by atoms with E-state index in [0.29, 0.717) is 13.0 Å². The first-order valence-corrected chi connectivity index (χ1v) is 7.37. The molecule has 1 aromatic carbocycles. The second-order valence-electron chi connectivity index (χ2n) is 5.31. The SMILES string of the molecule is CCOC(=O)C(C)(C)CC(N)c1ccc(OC)c(Br)c1. The lowest BCUT2D eigenvalue weighted by molar-refractivity contribution is -0.154. The minimum absolute atomic E-state index is 0.219. The molecule has 1 aromatic rings. The summed E-state index contributed by atoms with van der Waals surface area (Å²) in [5.41, 5.74) is 6.55. The molecule has 0 spiro atoms. The molecule has 2 N–H and O–H groups in total. The molecule has 0 bridgehead atoms. The number of hydrogen-bond donors (Lipinski definition) is 1. The molecule has 0 saturated heterocycles. The monoisotopic (exact) mass is 343 g/mol. The third kappa shape index (κ3) is 4.21. The number of carbonyl (C=O) groups excluding carboxylic acids is 1. The Bertz CT molecular complexity index is 474. The van der Waals surface area contributed by atoms with Crippen LogP contribution in [-0.2, 0) is 9.53 Å². The zero-order chi connectivity index (χ0) is 15.3. The van der Waals surface area contributed by atoms with Crippen LogP contribution in [0.15, 0.2) is 22.7 Å². The Hall–Kier alpha value is -1.07. The number of carbonyl (C=O) groups is 1. The van der Waals surface area contributed by atoms with E-state index in [1.165, 1.54) is 0 Å².